The van der Waals surface area contributed by atoms with E-state index in [0.29, 0.717) is 18.8 Å². The van der Waals surface area contributed by atoms with Crippen LogP contribution in [0, 0.1) is 0 Å². The van der Waals surface area contributed by atoms with Gasteiger partial charge in [0.1, 0.15) is 0 Å². The van der Waals surface area contributed by atoms with Crippen LogP contribution in [0.15, 0.2) is 18.5 Å². The van der Waals surface area contributed by atoms with Crippen LogP contribution in [0.1, 0.15) is 19.9 Å². The summed E-state index contributed by atoms with van der Waals surface area (Å²) in [5, 5.41) is 11.0. The fourth-order valence-corrected chi connectivity index (χ4v) is 1.97. The molecule has 1 amide bonds. The van der Waals surface area contributed by atoms with E-state index in [9.17, 15) is 4.79 Å². The minimum absolute atomic E-state index is 0.108. The van der Waals surface area contributed by atoms with E-state index < -0.39 is 0 Å². The molecule has 0 saturated carbocycles. The molecule has 114 valence electrons. The highest BCUT2D eigenvalue weighted by molar-refractivity contribution is 5.93. The molecule has 2 aromatic rings. The molecule has 0 aromatic carbocycles. The fourth-order valence-electron chi connectivity index (χ4n) is 1.97. The Kier molecular flexibility index (Phi) is 5.24. The number of amides is 1. The second-order valence-electron chi connectivity index (χ2n) is 5.04. The van der Waals surface area contributed by atoms with Crippen molar-refractivity contribution in [1.82, 2.24) is 20.1 Å². The predicted molar refractivity (Wildman–Crippen MR) is 81.3 cm³/mol. The van der Waals surface area contributed by atoms with Gasteiger partial charge in [0.15, 0.2) is 5.65 Å². The van der Waals surface area contributed by atoms with Crippen molar-refractivity contribution in [3.05, 3.63) is 18.5 Å². The Hall–Kier alpha value is -1.99. The molecule has 21 heavy (non-hydrogen) atoms. The standard InChI is InChI=1S/C14H21N5O2/c1-10(2)19-14-11(7-17-19)6-12(8-16-14)18-13(20)9-15-4-5-21-3/h6-8,10,15H,4-5,9H2,1-3H3,(H,18,20). The summed E-state index contributed by atoms with van der Waals surface area (Å²) in [5.41, 5.74) is 1.49. The lowest BCUT2D eigenvalue weighted by atomic mass is 10.3. The number of carbonyl (C=O) groups is 1. The van der Waals surface area contributed by atoms with E-state index in [2.05, 4.69) is 34.6 Å². The van der Waals surface area contributed by atoms with Gasteiger partial charge in [-0.3, -0.25) is 4.79 Å². The van der Waals surface area contributed by atoms with Gasteiger partial charge in [0.05, 0.1) is 31.2 Å². The molecule has 0 unspecified atom stereocenters. The highest BCUT2D eigenvalue weighted by Gasteiger charge is 2.09. The first-order valence-corrected chi connectivity index (χ1v) is 6.94. The molecule has 0 bridgehead atoms. The Labute approximate surface area is 123 Å². The summed E-state index contributed by atoms with van der Waals surface area (Å²) >= 11 is 0. The van der Waals surface area contributed by atoms with Gasteiger partial charge in [0.25, 0.3) is 0 Å². The van der Waals surface area contributed by atoms with Gasteiger partial charge >= 0.3 is 0 Å². The lowest BCUT2D eigenvalue weighted by Gasteiger charge is -2.08. The Balaban J connectivity index is 1.98. The van der Waals surface area contributed by atoms with Crippen LogP contribution >= 0.6 is 0 Å². The van der Waals surface area contributed by atoms with Gasteiger partial charge in [-0.2, -0.15) is 5.10 Å². The van der Waals surface area contributed by atoms with E-state index in [4.69, 9.17) is 4.74 Å². The first-order valence-electron chi connectivity index (χ1n) is 6.94. The largest absolute Gasteiger partial charge is 0.383 e. The van der Waals surface area contributed by atoms with Crippen LogP contribution in [0.3, 0.4) is 0 Å². The van der Waals surface area contributed by atoms with E-state index in [1.807, 2.05) is 10.7 Å². The first kappa shape index (κ1) is 15.4. The van der Waals surface area contributed by atoms with Gasteiger partial charge in [-0.05, 0) is 19.9 Å². The van der Waals surface area contributed by atoms with Crippen molar-refractivity contribution in [1.29, 1.82) is 0 Å². The number of nitrogens with zero attached hydrogens (tertiary/aromatic N) is 3. The van der Waals surface area contributed by atoms with E-state index in [1.54, 1.807) is 19.5 Å². The molecule has 0 aliphatic carbocycles. The third kappa shape index (κ3) is 3.99. The lowest BCUT2D eigenvalue weighted by molar-refractivity contribution is -0.115. The number of nitrogens with one attached hydrogen (secondary N) is 2. The molecule has 0 radical (unpaired) electrons. The SMILES string of the molecule is COCCNCC(=O)Nc1cnc2c(cnn2C(C)C)c1. The maximum atomic E-state index is 11.8. The number of methoxy groups -OCH3 is 1. The Bertz CT molecular complexity index is 608. The second-order valence-corrected chi connectivity index (χ2v) is 5.04. The highest BCUT2D eigenvalue weighted by Crippen LogP contribution is 2.18. The first-order chi connectivity index (χ1) is 10.1. The van der Waals surface area contributed by atoms with Gasteiger partial charge in [-0.15, -0.1) is 0 Å². The number of fused-ring (bicyclic) bond motifs is 1. The molecule has 0 aliphatic heterocycles. The van der Waals surface area contributed by atoms with Crippen LogP contribution < -0.4 is 10.6 Å². The quantitative estimate of drug-likeness (QED) is 0.749. The van der Waals surface area contributed by atoms with Crippen molar-refractivity contribution in [2.45, 2.75) is 19.9 Å². The van der Waals surface area contributed by atoms with Crippen LogP contribution in [0.2, 0.25) is 0 Å². The van der Waals surface area contributed by atoms with Crippen LogP contribution in [0.25, 0.3) is 11.0 Å². The molecule has 0 aliphatic rings. The molecule has 2 heterocycles. The average molecular weight is 291 g/mol. The fraction of sp³-hybridized carbons (Fsp3) is 0.500. The number of aromatic nitrogens is 3. The summed E-state index contributed by atoms with van der Waals surface area (Å²) in [6.45, 7) is 5.56. The summed E-state index contributed by atoms with van der Waals surface area (Å²) in [4.78, 5) is 16.1. The monoisotopic (exact) mass is 291 g/mol. The van der Waals surface area contributed by atoms with Gasteiger partial charge in [0, 0.05) is 25.1 Å². The normalized spacial score (nSPS) is 11.2. The topological polar surface area (TPSA) is 81.1 Å². The molecule has 0 saturated heterocycles. The summed E-state index contributed by atoms with van der Waals surface area (Å²) < 4.78 is 6.75. The van der Waals surface area contributed by atoms with E-state index in [0.717, 1.165) is 11.0 Å². The molecule has 0 atom stereocenters. The van der Waals surface area contributed by atoms with Crippen molar-refractivity contribution in [3.63, 3.8) is 0 Å². The van der Waals surface area contributed by atoms with Crippen LogP contribution in [-0.4, -0.2) is 47.5 Å². The van der Waals surface area contributed by atoms with Crippen molar-refractivity contribution >= 4 is 22.6 Å². The van der Waals surface area contributed by atoms with Crippen molar-refractivity contribution in [2.24, 2.45) is 0 Å². The number of hydrogen-bond donors (Lipinski definition) is 2. The third-order valence-electron chi connectivity index (χ3n) is 2.97. The molecule has 2 N–H and O–H groups in total. The molecule has 7 nitrogen and oxygen atoms in total. The van der Waals surface area contributed by atoms with Crippen LogP contribution in [-0.2, 0) is 9.53 Å². The summed E-state index contributed by atoms with van der Waals surface area (Å²) in [6.07, 6.45) is 3.41. The smallest absolute Gasteiger partial charge is 0.238 e. The summed E-state index contributed by atoms with van der Waals surface area (Å²) in [5.74, 6) is -0.108. The number of hydrogen-bond acceptors (Lipinski definition) is 5. The minimum atomic E-state index is -0.108. The molecular weight excluding hydrogens is 270 g/mol. The summed E-state index contributed by atoms with van der Waals surface area (Å²) in [6, 6.07) is 2.13. The number of carbonyl (C=O) groups excluding carboxylic acids is 1. The van der Waals surface area contributed by atoms with E-state index in [1.165, 1.54) is 0 Å². The Morgan fingerprint density at radius 3 is 2.95 bits per heavy atom. The van der Waals surface area contributed by atoms with Gasteiger partial charge in [-0.25, -0.2) is 9.67 Å². The summed E-state index contributed by atoms with van der Waals surface area (Å²) in [7, 11) is 1.62. The lowest BCUT2D eigenvalue weighted by Crippen LogP contribution is -2.30. The Morgan fingerprint density at radius 1 is 1.43 bits per heavy atom. The van der Waals surface area contributed by atoms with Crippen molar-refractivity contribution in [2.75, 3.05) is 32.1 Å². The highest BCUT2D eigenvalue weighted by atomic mass is 16.5. The van der Waals surface area contributed by atoms with Crippen molar-refractivity contribution < 1.29 is 9.53 Å². The molecular formula is C14H21N5O2. The zero-order valence-electron chi connectivity index (χ0n) is 12.6. The maximum absolute atomic E-state index is 11.8. The zero-order valence-corrected chi connectivity index (χ0v) is 12.6. The number of ether oxygens (including phenoxy) is 1. The number of pyridine rings is 1. The zero-order chi connectivity index (χ0) is 15.2. The van der Waals surface area contributed by atoms with Crippen LogP contribution in [0.4, 0.5) is 5.69 Å². The van der Waals surface area contributed by atoms with Crippen molar-refractivity contribution in [3.8, 4) is 0 Å². The van der Waals surface area contributed by atoms with Gasteiger partial charge in [-0.1, -0.05) is 0 Å². The predicted octanol–water partition coefficient (Wildman–Crippen LogP) is 1.19. The van der Waals surface area contributed by atoms with Gasteiger partial charge < -0.3 is 15.4 Å². The molecule has 0 fully saturated rings. The Morgan fingerprint density at radius 2 is 2.24 bits per heavy atom. The molecule has 7 heteroatoms. The second kappa shape index (κ2) is 7.14. The van der Waals surface area contributed by atoms with E-state index in [-0.39, 0.29) is 18.5 Å². The molecule has 0 spiro atoms. The van der Waals surface area contributed by atoms with Crippen LogP contribution in [0.5, 0.6) is 0 Å². The van der Waals surface area contributed by atoms with E-state index >= 15 is 0 Å². The molecule has 2 rings (SSSR count). The number of rotatable bonds is 7. The molecule has 2 aromatic heterocycles. The average Bonchev–Trinajstić information content (AvgIpc) is 2.87. The third-order valence-corrected chi connectivity index (χ3v) is 2.97. The maximum Gasteiger partial charge on any atom is 0.238 e. The minimum Gasteiger partial charge on any atom is -0.383 e. The van der Waals surface area contributed by atoms with Gasteiger partial charge in [0.2, 0.25) is 5.91 Å². The number of anilines is 1.